The Bertz CT molecular complexity index is 992. The van der Waals surface area contributed by atoms with E-state index < -0.39 is 21.9 Å². The van der Waals surface area contributed by atoms with Gasteiger partial charge in [0, 0.05) is 50.4 Å². The van der Waals surface area contributed by atoms with Crippen molar-refractivity contribution in [3.8, 4) is 0 Å². The predicted molar refractivity (Wildman–Crippen MR) is 120 cm³/mol. The van der Waals surface area contributed by atoms with Crippen molar-refractivity contribution in [3.05, 3.63) is 70.5 Å². The summed E-state index contributed by atoms with van der Waals surface area (Å²) in [5, 5.41) is 0.282. The number of hydrogen-bond acceptors (Lipinski definition) is 4. The Morgan fingerprint density at radius 2 is 1.74 bits per heavy atom. The smallest absolute Gasteiger partial charge is 0.239 e. The highest BCUT2D eigenvalue weighted by Gasteiger charge is 2.32. The molecule has 0 spiro atoms. The van der Waals surface area contributed by atoms with Crippen molar-refractivity contribution >= 4 is 27.5 Å². The monoisotopic (exact) mass is 467 g/mol. The summed E-state index contributed by atoms with van der Waals surface area (Å²) in [5.74, 6) is -0.647. The maximum Gasteiger partial charge on any atom is 0.239 e. The van der Waals surface area contributed by atoms with Crippen LogP contribution in [0.3, 0.4) is 0 Å². The maximum absolute atomic E-state index is 14.0. The van der Waals surface area contributed by atoms with Gasteiger partial charge in [-0.05, 0) is 24.6 Å². The molecule has 1 heterocycles. The topological polar surface area (TPSA) is 60.9 Å². The van der Waals surface area contributed by atoms with Crippen LogP contribution < -0.4 is 0 Å². The fourth-order valence-corrected chi connectivity index (χ4v) is 5.46. The Labute approximate surface area is 188 Å². The number of carbonyl (C=O) groups is 1. The van der Waals surface area contributed by atoms with E-state index in [9.17, 15) is 17.6 Å². The molecule has 0 bridgehead atoms. The molecule has 9 heteroatoms. The first kappa shape index (κ1) is 23.7. The Morgan fingerprint density at radius 3 is 2.35 bits per heavy atom. The van der Waals surface area contributed by atoms with Gasteiger partial charge in [-0.25, -0.2) is 12.8 Å². The summed E-state index contributed by atoms with van der Waals surface area (Å²) in [6.07, 6.45) is 0. The van der Waals surface area contributed by atoms with E-state index >= 15 is 0 Å². The molecular formula is C22H27ClFN3O3S. The van der Waals surface area contributed by atoms with Crippen LogP contribution in [0.2, 0.25) is 5.02 Å². The number of halogens is 2. The second kappa shape index (κ2) is 10.1. The van der Waals surface area contributed by atoms with Crippen molar-refractivity contribution in [3.63, 3.8) is 0 Å². The molecule has 1 amide bonds. The van der Waals surface area contributed by atoms with E-state index in [1.807, 2.05) is 23.1 Å². The highest BCUT2D eigenvalue weighted by molar-refractivity contribution is 7.88. The SMILES string of the molecule is CC(C(=O)N(C)Cc1c(F)cccc1Cl)N1CCN(S(=O)(=O)Cc2ccccc2)CC1. The Kier molecular flexibility index (Phi) is 7.69. The quantitative estimate of drug-likeness (QED) is 0.628. The van der Waals surface area contributed by atoms with Gasteiger partial charge in [-0.3, -0.25) is 9.69 Å². The number of amides is 1. The normalized spacial score (nSPS) is 16.8. The molecule has 1 fully saturated rings. The number of nitrogens with zero attached hydrogens (tertiary/aromatic N) is 3. The van der Waals surface area contributed by atoms with Crippen molar-refractivity contribution < 1.29 is 17.6 Å². The fourth-order valence-electron chi connectivity index (χ4n) is 3.72. The van der Waals surface area contributed by atoms with Gasteiger partial charge in [0.05, 0.1) is 11.8 Å². The van der Waals surface area contributed by atoms with Crippen LogP contribution in [0.15, 0.2) is 48.5 Å². The minimum atomic E-state index is -3.42. The number of likely N-dealkylation sites (N-methyl/N-ethyl adjacent to an activating group) is 1. The van der Waals surface area contributed by atoms with Crippen LogP contribution in [-0.4, -0.2) is 67.7 Å². The molecule has 0 saturated carbocycles. The van der Waals surface area contributed by atoms with Gasteiger partial charge in [0.25, 0.3) is 0 Å². The molecular weight excluding hydrogens is 441 g/mol. The van der Waals surface area contributed by atoms with Crippen LogP contribution in [0.25, 0.3) is 0 Å². The first-order valence-corrected chi connectivity index (χ1v) is 12.1. The molecule has 1 atom stereocenters. The lowest BCUT2D eigenvalue weighted by Crippen LogP contribution is -2.55. The minimum absolute atomic E-state index is 0.0333. The van der Waals surface area contributed by atoms with Crippen LogP contribution in [-0.2, 0) is 27.1 Å². The summed E-state index contributed by atoms with van der Waals surface area (Å²) in [5.41, 5.74) is 1.03. The highest BCUT2D eigenvalue weighted by Crippen LogP contribution is 2.21. The van der Waals surface area contributed by atoms with E-state index in [1.54, 1.807) is 32.2 Å². The van der Waals surface area contributed by atoms with Crippen LogP contribution >= 0.6 is 11.6 Å². The molecule has 168 valence electrons. The van der Waals surface area contributed by atoms with Crippen LogP contribution in [0.5, 0.6) is 0 Å². The lowest BCUT2D eigenvalue weighted by Gasteiger charge is -2.38. The third-order valence-electron chi connectivity index (χ3n) is 5.60. The van der Waals surface area contributed by atoms with Crippen LogP contribution in [0, 0.1) is 5.82 Å². The molecule has 0 N–H and O–H groups in total. The van der Waals surface area contributed by atoms with Crippen molar-refractivity contribution in [1.29, 1.82) is 0 Å². The van der Waals surface area contributed by atoms with E-state index in [4.69, 9.17) is 11.6 Å². The molecule has 1 unspecified atom stereocenters. The Balaban J connectivity index is 1.56. The Hall–Kier alpha value is -2.00. The van der Waals surface area contributed by atoms with Gasteiger partial charge in [-0.1, -0.05) is 48.0 Å². The van der Waals surface area contributed by atoms with E-state index in [0.717, 1.165) is 5.56 Å². The van der Waals surface area contributed by atoms with Crippen molar-refractivity contribution in [2.24, 2.45) is 0 Å². The number of sulfonamides is 1. The van der Waals surface area contributed by atoms with Gasteiger partial charge in [-0.15, -0.1) is 0 Å². The highest BCUT2D eigenvalue weighted by atomic mass is 35.5. The molecule has 1 saturated heterocycles. The zero-order valence-corrected chi connectivity index (χ0v) is 19.2. The summed E-state index contributed by atoms with van der Waals surface area (Å²) >= 11 is 6.07. The molecule has 0 aliphatic carbocycles. The molecule has 6 nitrogen and oxygen atoms in total. The van der Waals surface area contributed by atoms with E-state index in [-0.39, 0.29) is 28.8 Å². The molecule has 31 heavy (non-hydrogen) atoms. The van der Waals surface area contributed by atoms with Gasteiger partial charge in [0.1, 0.15) is 5.82 Å². The largest absolute Gasteiger partial charge is 0.340 e. The van der Waals surface area contributed by atoms with Crippen molar-refractivity contribution in [2.45, 2.75) is 25.3 Å². The summed E-state index contributed by atoms with van der Waals surface area (Å²) < 4.78 is 41.0. The zero-order valence-electron chi connectivity index (χ0n) is 17.7. The predicted octanol–water partition coefficient (Wildman–Crippen LogP) is 2.97. The average Bonchev–Trinajstić information content (AvgIpc) is 2.75. The van der Waals surface area contributed by atoms with Gasteiger partial charge < -0.3 is 4.90 Å². The summed E-state index contributed by atoms with van der Waals surface area (Å²) in [4.78, 5) is 16.3. The fraction of sp³-hybridized carbons (Fsp3) is 0.409. The summed E-state index contributed by atoms with van der Waals surface area (Å²) in [6, 6.07) is 13.1. The van der Waals surface area contributed by atoms with Gasteiger partial charge in [-0.2, -0.15) is 4.31 Å². The lowest BCUT2D eigenvalue weighted by molar-refractivity contribution is -0.136. The number of hydrogen-bond donors (Lipinski definition) is 0. The second-order valence-electron chi connectivity index (χ2n) is 7.75. The van der Waals surface area contributed by atoms with Crippen LogP contribution in [0.4, 0.5) is 4.39 Å². The molecule has 2 aromatic carbocycles. The number of carbonyl (C=O) groups excluding carboxylic acids is 1. The minimum Gasteiger partial charge on any atom is -0.340 e. The number of piperazine rings is 1. The number of benzene rings is 2. The molecule has 2 aromatic rings. The lowest BCUT2D eigenvalue weighted by atomic mass is 10.1. The van der Waals surface area contributed by atoms with E-state index in [2.05, 4.69) is 0 Å². The third kappa shape index (κ3) is 5.83. The van der Waals surface area contributed by atoms with Gasteiger partial charge in [0.15, 0.2) is 0 Å². The zero-order chi connectivity index (χ0) is 22.6. The van der Waals surface area contributed by atoms with E-state index in [1.165, 1.54) is 21.3 Å². The first-order chi connectivity index (χ1) is 14.7. The molecule has 1 aliphatic rings. The summed E-state index contributed by atoms with van der Waals surface area (Å²) in [7, 11) is -1.80. The summed E-state index contributed by atoms with van der Waals surface area (Å²) in [6.45, 7) is 3.42. The molecule has 0 radical (unpaired) electrons. The van der Waals surface area contributed by atoms with Crippen LogP contribution in [0.1, 0.15) is 18.1 Å². The molecule has 1 aliphatic heterocycles. The maximum atomic E-state index is 14.0. The third-order valence-corrected chi connectivity index (χ3v) is 7.80. The first-order valence-electron chi connectivity index (χ1n) is 10.1. The van der Waals surface area contributed by atoms with Gasteiger partial charge >= 0.3 is 0 Å². The Morgan fingerprint density at radius 1 is 1.10 bits per heavy atom. The van der Waals surface area contributed by atoms with E-state index in [0.29, 0.717) is 26.2 Å². The van der Waals surface area contributed by atoms with Gasteiger partial charge in [0.2, 0.25) is 15.9 Å². The van der Waals surface area contributed by atoms with Crippen molar-refractivity contribution in [1.82, 2.24) is 14.1 Å². The average molecular weight is 468 g/mol. The standard InChI is InChI=1S/C22H27ClFN3O3S/c1-17(22(28)25(2)15-19-20(23)9-6-10-21(19)24)26-11-13-27(14-12-26)31(29,30)16-18-7-4-3-5-8-18/h3-10,17H,11-16H2,1-2H3. The molecule has 0 aromatic heterocycles. The van der Waals surface area contributed by atoms with Crippen molar-refractivity contribution in [2.75, 3.05) is 33.2 Å². The number of rotatable bonds is 7. The molecule has 3 rings (SSSR count). The second-order valence-corrected chi connectivity index (χ2v) is 10.1.